The van der Waals surface area contributed by atoms with E-state index in [0.717, 1.165) is 5.52 Å². The summed E-state index contributed by atoms with van der Waals surface area (Å²) in [6, 6.07) is 6.63. The van der Waals surface area contributed by atoms with E-state index in [2.05, 4.69) is 4.74 Å². The van der Waals surface area contributed by atoms with Gasteiger partial charge in [-0.2, -0.15) is 11.8 Å². The summed E-state index contributed by atoms with van der Waals surface area (Å²) < 4.78 is 11.3. The van der Waals surface area contributed by atoms with Gasteiger partial charge in [-0.15, -0.1) is 0 Å². The molecule has 20 heavy (non-hydrogen) atoms. The molecule has 1 heterocycles. The number of aryl methyl sites for hydroxylation is 1. The van der Waals surface area contributed by atoms with Crippen LogP contribution in [-0.2, 0) is 16.1 Å². The number of carbonyl (C=O) groups is 1. The Hall–Kier alpha value is -1.73. The lowest BCUT2D eigenvalue weighted by atomic mass is 10.3. The fraction of sp³-hybridized carbons (Fsp3) is 0.385. The Labute approximate surface area is 119 Å². The van der Waals surface area contributed by atoms with Crippen molar-refractivity contribution in [3.05, 3.63) is 34.8 Å². The second-order valence-corrected chi connectivity index (χ2v) is 5.34. The van der Waals surface area contributed by atoms with Crippen LogP contribution in [0.5, 0.6) is 0 Å². The van der Waals surface area contributed by atoms with Gasteiger partial charge in [0.2, 0.25) is 0 Å². The number of rotatable bonds is 6. The summed E-state index contributed by atoms with van der Waals surface area (Å²) in [5, 5.41) is 0. The zero-order valence-corrected chi connectivity index (χ0v) is 11.9. The number of para-hydroxylation sites is 2. The van der Waals surface area contributed by atoms with E-state index in [1.54, 1.807) is 10.6 Å². The quantitative estimate of drug-likeness (QED) is 0.627. The molecule has 6 nitrogen and oxygen atoms in total. The minimum absolute atomic E-state index is 0.371. The molecule has 0 bridgehead atoms. The van der Waals surface area contributed by atoms with Crippen molar-refractivity contribution in [2.45, 2.75) is 12.6 Å². The first-order valence-corrected chi connectivity index (χ1v) is 7.28. The number of esters is 1. The number of hydrogen-bond acceptors (Lipinski definition) is 6. The highest BCUT2D eigenvalue weighted by atomic mass is 32.2. The molecule has 1 atom stereocenters. The normalized spacial score (nSPS) is 12.5. The van der Waals surface area contributed by atoms with Crippen LogP contribution in [0.25, 0.3) is 11.1 Å². The van der Waals surface area contributed by atoms with Crippen LogP contribution in [0.1, 0.15) is 0 Å². The first kappa shape index (κ1) is 14.7. The third-order valence-electron chi connectivity index (χ3n) is 2.83. The van der Waals surface area contributed by atoms with Gasteiger partial charge in [-0.25, -0.2) is 4.79 Å². The molecule has 0 spiro atoms. The maximum atomic E-state index is 11.7. The molecule has 108 valence electrons. The number of ether oxygens (including phenoxy) is 1. The molecule has 0 aliphatic heterocycles. The second kappa shape index (κ2) is 6.62. The number of aromatic nitrogens is 1. The molecule has 0 amide bonds. The lowest BCUT2D eigenvalue weighted by Gasteiger charge is -2.08. The highest BCUT2D eigenvalue weighted by molar-refractivity contribution is 7.99. The fourth-order valence-electron chi connectivity index (χ4n) is 1.81. The molecule has 1 aromatic carbocycles. The highest BCUT2D eigenvalue weighted by Gasteiger charge is 2.13. The van der Waals surface area contributed by atoms with Gasteiger partial charge in [0.05, 0.1) is 12.6 Å². The van der Waals surface area contributed by atoms with Gasteiger partial charge in [0.25, 0.3) is 0 Å². The maximum absolute atomic E-state index is 11.7. The maximum Gasteiger partial charge on any atom is 0.419 e. The molecule has 0 saturated heterocycles. The minimum atomic E-state index is -0.636. The van der Waals surface area contributed by atoms with E-state index in [1.165, 1.54) is 18.9 Å². The van der Waals surface area contributed by atoms with E-state index < -0.39 is 12.0 Å². The molecule has 1 unspecified atom stereocenters. The molecule has 2 N–H and O–H groups in total. The summed E-state index contributed by atoms with van der Waals surface area (Å²) in [7, 11) is 1.31. The van der Waals surface area contributed by atoms with Gasteiger partial charge in [0, 0.05) is 18.1 Å². The van der Waals surface area contributed by atoms with Crippen LogP contribution in [0, 0.1) is 0 Å². The van der Waals surface area contributed by atoms with Crippen molar-refractivity contribution in [3.8, 4) is 0 Å². The lowest BCUT2D eigenvalue weighted by Crippen LogP contribution is -2.34. The number of benzene rings is 1. The summed E-state index contributed by atoms with van der Waals surface area (Å²) in [5.41, 5.74) is 6.98. The predicted octanol–water partition coefficient (Wildman–Crippen LogP) is 0.828. The standard InChI is InChI=1S/C13H16N2O4S/c1-18-12(16)9(14)8-20-7-6-15-10-4-2-3-5-11(10)19-13(15)17/h2-5,9H,6-8,14H2,1H3. The Balaban J connectivity index is 1.92. The van der Waals surface area contributed by atoms with E-state index in [0.29, 0.717) is 23.6 Å². The number of thioether (sulfide) groups is 1. The van der Waals surface area contributed by atoms with Crippen molar-refractivity contribution < 1.29 is 13.9 Å². The molecule has 0 fully saturated rings. The molecule has 2 aromatic rings. The smallest absolute Gasteiger partial charge is 0.419 e. The molecular weight excluding hydrogens is 280 g/mol. The number of fused-ring (bicyclic) bond motifs is 1. The van der Waals surface area contributed by atoms with E-state index >= 15 is 0 Å². The van der Waals surface area contributed by atoms with Crippen molar-refractivity contribution in [3.63, 3.8) is 0 Å². The van der Waals surface area contributed by atoms with Gasteiger partial charge < -0.3 is 14.9 Å². The average Bonchev–Trinajstić information content (AvgIpc) is 2.78. The number of hydrogen-bond donors (Lipinski definition) is 1. The van der Waals surface area contributed by atoms with E-state index in [1.807, 2.05) is 18.2 Å². The Morgan fingerprint density at radius 2 is 2.25 bits per heavy atom. The van der Waals surface area contributed by atoms with Crippen LogP contribution in [0.15, 0.2) is 33.5 Å². The van der Waals surface area contributed by atoms with Crippen LogP contribution >= 0.6 is 11.8 Å². The van der Waals surface area contributed by atoms with E-state index in [-0.39, 0.29) is 5.76 Å². The number of nitrogens with zero attached hydrogens (tertiary/aromatic N) is 1. The van der Waals surface area contributed by atoms with Crippen LogP contribution in [-0.4, -0.2) is 35.2 Å². The lowest BCUT2D eigenvalue weighted by molar-refractivity contribution is -0.141. The molecule has 1 aromatic heterocycles. The van der Waals surface area contributed by atoms with Crippen LogP contribution < -0.4 is 11.5 Å². The van der Waals surface area contributed by atoms with E-state index in [9.17, 15) is 9.59 Å². The van der Waals surface area contributed by atoms with Crippen molar-refractivity contribution in [1.82, 2.24) is 4.57 Å². The Bertz CT molecular complexity index is 649. The Kier molecular flexibility index (Phi) is 4.86. The highest BCUT2D eigenvalue weighted by Crippen LogP contribution is 2.13. The zero-order valence-electron chi connectivity index (χ0n) is 11.1. The summed E-state index contributed by atoms with van der Waals surface area (Å²) in [6.07, 6.45) is 0. The fourth-order valence-corrected chi connectivity index (χ4v) is 2.68. The van der Waals surface area contributed by atoms with Crippen LogP contribution in [0.4, 0.5) is 0 Å². The SMILES string of the molecule is COC(=O)C(N)CSCCn1c(=O)oc2ccccc21. The van der Waals surface area contributed by atoms with Gasteiger partial charge in [-0.3, -0.25) is 9.36 Å². The summed E-state index contributed by atoms with van der Waals surface area (Å²) in [6.45, 7) is 0.508. The van der Waals surface area contributed by atoms with Crippen molar-refractivity contribution >= 4 is 28.8 Å². The molecule has 7 heteroatoms. The molecule has 2 rings (SSSR count). The van der Waals surface area contributed by atoms with Gasteiger partial charge >= 0.3 is 11.7 Å². The first-order valence-electron chi connectivity index (χ1n) is 6.13. The summed E-state index contributed by atoms with van der Waals surface area (Å²) in [5.74, 6) is 0.318. The van der Waals surface area contributed by atoms with Crippen LogP contribution in [0.2, 0.25) is 0 Å². The summed E-state index contributed by atoms with van der Waals surface area (Å²) in [4.78, 5) is 22.8. The zero-order chi connectivity index (χ0) is 14.5. The second-order valence-electron chi connectivity index (χ2n) is 4.19. The third-order valence-corrected chi connectivity index (χ3v) is 3.90. The number of carbonyl (C=O) groups excluding carboxylic acids is 1. The Morgan fingerprint density at radius 1 is 1.50 bits per heavy atom. The van der Waals surface area contributed by atoms with Crippen molar-refractivity contribution in [2.75, 3.05) is 18.6 Å². The first-order chi connectivity index (χ1) is 9.63. The molecule has 0 aliphatic rings. The van der Waals surface area contributed by atoms with Crippen molar-refractivity contribution in [2.24, 2.45) is 5.73 Å². The van der Waals surface area contributed by atoms with Gasteiger partial charge in [-0.05, 0) is 12.1 Å². The topological polar surface area (TPSA) is 87.5 Å². The van der Waals surface area contributed by atoms with E-state index in [4.69, 9.17) is 10.2 Å². The predicted molar refractivity (Wildman–Crippen MR) is 77.8 cm³/mol. The van der Waals surface area contributed by atoms with Gasteiger partial charge in [0.1, 0.15) is 6.04 Å². The Morgan fingerprint density at radius 3 is 3.00 bits per heavy atom. The number of methoxy groups -OCH3 is 1. The molecule has 0 radical (unpaired) electrons. The van der Waals surface area contributed by atoms with Crippen LogP contribution in [0.3, 0.4) is 0 Å². The third kappa shape index (κ3) is 3.23. The number of oxazole rings is 1. The monoisotopic (exact) mass is 296 g/mol. The van der Waals surface area contributed by atoms with Gasteiger partial charge in [-0.1, -0.05) is 12.1 Å². The molecule has 0 aliphatic carbocycles. The minimum Gasteiger partial charge on any atom is -0.468 e. The largest absolute Gasteiger partial charge is 0.468 e. The summed E-state index contributed by atoms with van der Waals surface area (Å²) >= 11 is 1.49. The number of nitrogens with two attached hydrogens (primary N) is 1. The molecule has 0 saturated carbocycles. The average molecular weight is 296 g/mol. The molecular formula is C13H16N2O4S. The van der Waals surface area contributed by atoms with Gasteiger partial charge in [0.15, 0.2) is 5.58 Å². The van der Waals surface area contributed by atoms with Crippen molar-refractivity contribution in [1.29, 1.82) is 0 Å².